The highest BCUT2D eigenvalue weighted by Crippen LogP contribution is 2.32. The standard InChI is InChI=1S/C22H31N3O4.C2H6/c1-29-14-7-5-3-2-4-6-13-24-20(26)12-11-19(22(24)28)25-15-17-16(21(25)27)9-8-10-18(17)23;1-2/h8-10,19H,2-7,11-15,23H2,1H3;1-2H3. The molecule has 2 aliphatic rings. The second-order valence-corrected chi connectivity index (χ2v) is 7.86. The molecule has 1 aromatic carbocycles. The lowest BCUT2D eigenvalue weighted by Gasteiger charge is -2.35. The largest absolute Gasteiger partial charge is 0.398 e. The lowest BCUT2D eigenvalue weighted by molar-refractivity contribution is -0.152. The van der Waals surface area contributed by atoms with Gasteiger partial charge in [-0.1, -0.05) is 45.6 Å². The highest BCUT2D eigenvalue weighted by atomic mass is 16.5. The van der Waals surface area contributed by atoms with Crippen molar-refractivity contribution in [2.45, 2.75) is 77.8 Å². The number of carbonyl (C=O) groups is 3. The maximum Gasteiger partial charge on any atom is 0.255 e. The SMILES string of the molecule is CC.COCCCCCCCCN1C(=O)CCC(N2Cc3c(N)cccc3C2=O)C1=O. The van der Waals surface area contributed by atoms with Gasteiger partial charge in [-0.05, 0) is 31.4 Å². The van der Waals surface area contributed by atoms with Crippen molar-refractivity contribution in [3.05, 3.63) is 29.3 Å². The van der Waals surface area contributed by atoms with E-state index in [0.717, 1.165) is 50.7 Å². The summed E-state index contributed by atoms with van der Waals surface area (Å²) in [5.41, 5.74) is 7.92. The zero-order chi connectivity index (χ0) is 22.8. The molecule has 7 nitrogen and oxygen atoms in total. The molecule has 7 heteroatoms. The summed E-state index contributed by atoms with van der Waals surface area (Å²) in [6.07, 6.45) is 6.89. The van der Waals surface area contributed by atoms with E-state index in [1.165, 1.54) is 4.90 Å². The Bertz CT molecular complexity index is 765. The molecular formula is C24H37N3O4. The second-order valence-electron chi connectivity index (χ2n) is 7.86. The van der Waals surface area contributed by atoms with Gasteiger partial charge in [0.05, 0.1) is 0 Å². The molecule has 31 heavy (non-hydrogen) atoms. The fourth-order valence-corrected chi connectivity index (χ4v) is 4.20. The van der Waals surface area contributed by atoms with Crippen LogP contribution in [0.5, 0.6) is 0 Å². The van der Waals surface area contributed by atoms with Gasteiger partial charge in [0.2, 0.25) is 5.91 Å². The van der Waals surface area contributed by atoms with Crippen molar-refractivity contribution < 1.29 is 19.1 Å². The molecule has 1 atom stereocenters. The number of ether oxygens (including phenoxy) is 1. The molecule has 0 spiro atoms. The van der Waals surface area contributed by atoms with Gasteiger partial charge in [-0.25, -0.2) is 0 Å². The Labute approximate surface area is 185 Å². The number of methoxy groups -OCH3 is 1. The average Bonchev–Trinajstić information content (AvgIpc) is 3.11. The predicted octanol–water partition coefficient (Wildman–Crippen LogP) is 3.76. The zero-order valence-corrected chi connectivity index (χ0v) is 19.2. The molecule has 1 unspecified atom stereocenters. The van der Waals surface area contributed by atoms with Gasteiger partial charge in [0.25, 0.3) is 11.8 Å². The second kappa shape index (κ2) is 12.4. The van der Waals surface area contributed by atoms with Crippen LogP contribution < -0.4 is 5.73 Å². The fraction of sp³-hybridized carbons (Fsp3) is 0.625. The number of carbonyl (C=O) groups excluding carboxylic acids is 3. The van der Waals surface area contributed by atoms with Crippen LogP contribution in [0.3, 0.4) is 0 Å². The summed E-state index contributed by atoms with van der Waals surface area (Å²) in [6.45, 7) is 5.56. The number of nitrogen functional groups attached to an aromatic ring is 1. The van der Waals surface area contributed by atoms with E-state index in [4.69, 9.17) is 10.5 Å². The maximum absolute atomic E-state index is 13.0. The first-order chi connectivity index (χ1) is 15.0. The zero-order valence-electron chi connectivity index (χ0n) is 19.2. The van der Waals surface area contributed by atoms with Gasteiger partial charge in [0.1, 0.15) is 6.04 Å². The van der Waals surface area contributed by atoms with Crippen LogP contribution in [-0.4, -0.2) is 53.8 Å². The number of anilines is 1. The molecule has 3 rings (SSSR count). The maximum atomic E-state index is 13.0. The fourth-order valence-electron chi connectivity index (χ4n) is 4.20. The van der Waals surface area contributed by atoms with Crippen LogP contribution in [0.4, 0.5) is 5.69 Å². The number of likely N-dealkylation sites (tertiary alicyclic amines) is 1. The lowest BCUT2D eigenvalue weighted by Crippen LogP contribution is -2.54. The number of fused-ring (bicyclic) bond motifs is 1. The summed E-state index contributed by atoms with van der Waals surface area (Å²) in [6, 6.07) is 4.69. The van der Waals surface area contributed by atoms with Gasteiger partial charge < -0.3 is 15.4 Å². The number of nitrogens with zero attached hydrogens (tertiary/aromatic N) is 2. The Morgan fingerprint density at radius 1 is 1.03 bits per heavy atom. The van der Waals surface area contributed by atoms with Crippen LogP contribution in [0.1, 0.15) is 81.1 Å². The minimum Gasteiger partial charge on any atom is -0.398 e. The summed E-state index contributed by atoms with van der Waals surface area (Å²) >= 11 is 0. The van der Waals surface area contributed by atoms with Crippen molar-refractivity contribution in [2.75, 3.05) is 26.0 Å². The van der Waals surface area contributed by atoms with Crippen molar-refractivity contribution in [1.29, 1.82) is 0 Å². The van der Waals surface area contributed by atoms with Crippen LogP contribution in [0.25, 0.3) is 0 Å². The smallest absolute Gasteiger partial charge is 0.255 e. The van der Waals surface area contributed by atoms with Crippen LogP contribution >= 0.6 is 0 Å². The van der Waals surface area contributed by atoms with E-state index in [1.54, 1.807) is 30.2 Å². The van der Waals surface area contributed by atoms with Crippen molar-refractivity contribution in [3.8, 4) is 0 Å². The quantitative estimate of drug-likeness (QED) is 0.346. The Kier molecular flexibility index (Phi) is 9.98. The van der Waals surface area contributed by atoms with Crippen molar-refractivity contribution in [2.24, 2.45) is 0 Å². The van der Waals surface area contributed by atoms with E-state index in [9.17, 15) is 14.4 Å². The number of amides is 3. The molecule has 1 saturated heterocycles. The third-order valence-corrected chi connectivity index (χ3v) is 5.87. The van der Waals surface area contributed by atoms with Crippen LogP contribution in [0, 0.1) is 0 Å². The van der Waals surface area contributed by atoms with Gasteiger partial charge in [0.15, 0.2) is 0 Å². The topological polar surface area (TPSA) is 92.9 Å². The molecule has 172 valence electrons. The van der Waals surface area contributed by atoms with E-state index in [-0.39, 0.29) is 17.7 Å². The molecule has 2 aliphatic heterocycles. The van der Waals surface area contributed by atoms with E-state index in [0.29, 0.717) is 37.2 Å². The Morgan fingerprint density at radius 3 is 2.39 bits per heavy atom. The van der Waals surface area contributed by atoms with E-state index in [2.05, 4.69) is 0 Å². The highest BCUT2D eigenvalue weighted by Gasteiger charge is 2.42. The summed E-state index contributed by atoms with van der Waals surface area (Å²) < 4.78 is 5.04. The van der Waals surface area contributed by atoms with Crippen LogP contribution in [-0.2, 0) is 20.9 Å². The van der Waals surface area contributed by atoms with E-state index in [1.807, 2.05) is 13.8 Å². The lowest BCUT2D eigenvalue weighted by atomic mass is 10.0. The molecule has 2 heterocycles. The van der Waals surface area contributed by atoms with Crippen LogP contribution in [0.2, 0.25) is 0 Å². The summed E-state index contributed by atoms with van der Waals surface area (Å²) in [5.74, 6) is -0.549. The normalized spacial score (nSPS) is 18.2. The monoisotopic (exact) mass is 431 g/mol. The number of hydrogen-bond acceptors (Lipinski definition) is 5. The van der Waals surface area contributed by atoms with Gasteiger partial charge in [-0.3, -0.25) is 19.3 Å². The number of nitrogens with two attached hydrogens (primary N) is 1. The molecule has 2 N–H and O–H groups in total. The Balaban J connectivity index is 0.00000166. The number of hydrogen-bond donors (Lipinski definition) is 1. The highest BCUT2D eigenvalue weighted by molar-refractivity contribution is 6.06. The number of imide groups is 1. The third kappa shape index (κ3) is 6.06. The molecule has 3 amide bonds. The summed E-state index contributed by atoms with van der Waals surface area (Å²) in [5, 5.41) is 0. The molecule has 1 fully saturated rings. The summed E-state index contributed by atoms with van der Waals surface area (Å²) in [4.78, 5) is 41.1. The molecule has 1 aromatic rings. The van der Waals surface area contributed by atoms with Gasteiger partial charge >= 0.3 is 0 Å². The first-order valence-electron chi connectivity index (χ1n) is 11.6. The van der Waals surface area contributed by atoms with E-state index < -0.39 is 6.04 Å². The molecule has 0 bridgehead atoms. The molecular weight excluding hydrogens is 394 g/mol. The predicted molar refractivity (Wildman–Crippen MR) is 121 cm³/mol. The van der Waals surface area contributed by atoms with Crippen LogP contribution in [0.15, 0.2) is 18.2 Å². The number of rotatable bonds is 10. The third-order valence-electron chi connectivity index (χ3n) is 5.87. The Hall–Kier alpha value is -2.41. The molecule has 0 aromatic heterocycles. The van der Waals surface area contributed by atoms with Crippen molar-refractivity contribution in [1.82, 2.24) is 9.80 Å². The number of piperidine rings is 1. The van der Waals surface area contributed by atoms with Gasteiger partial charge in [-0.15, -0.1) is 0 Å². The molecule has 0 aliphatic carbocycles. The average molecular weight is 432 g/mol. The van der Waals surface area contributed by atoms with Gasteiger partial charge in [0, 0.05) is 50.0 Å². The van der Waals surface area contributed by atoms with Gasteiger partial charge in [-0.2, -0.15) is 0 Å². The minimum atomic E-state index is -0.582. The molecule has 0 radical (unpaired) electrons. The minimum absolute atomic E-state index is 0.130. The first-order valence-corrected chi connectivity index (χ1v) is 11.6. The Morgan fingerprint density at radius 2 is 1.71 bits per heavy atom. The number of benzene rings is 1. The van der Waals surface area contributed by atoms with Crippen molar-refractivity contribution >= 4 is 23.4 Å². The first kappa shape index (κ1) is 24.9. The molecule has 0 saturated carbocycles. The van der Waals surface area contributed by atoms with Crippen molar-refractivity contribution in [3.63, 3.8) is 0 Å². The number of unbranched alkanes of at least 4 members (excludes halogenated alkanes) is 5. The van der Waals surface area contributed by atoms with E-state index >= 15 is 0 Å². The summed E-state index contributed by atoms with van der Waals surface area (Å²) in [7, 11) is 1.71.